The average Bonchev–Trinajstić information content (AvgIpc) is 2.89. The molecule has 2 N–H and O–H groups in total. The van der Waals surface area contributed by atoms with Gasteiger partial charge in [0.1, 0.15) is 5.69 Å². The zero-order valence-corrected chi connectivity index (χ0v) is 10.8. The fourth-order valence-electron chi connectivity index (χ4n) is 2.28. The number of hydrogen-bond donors (Lipinski definition) is 2. The Balaban J connectivity index is 2.30. The quantitative estimate of drug-likeness (QED) is 0.610. The predicted octanol–water partition coefficient (Wildman–Crippen LogP) is 1.28. The normalized spacial score (nSPS) is 19.1. The largest absolute Gasteiger partial charge is 0.360 e. The van der Waals surface area contributed by atoms with Crippen LogP contribution in [0.3, 0.4) is 0 Å². The SMILES string of the molecule is CCCn1nc(C)c([N+](=O)[O-])c1NC1CCNC1. The number of aromatic nitrogens is 2. The molecule has 1 aliphatic heterocycles. The van der Waals surface area contributed by atoms with E-state index >= 15 is 0 Å². The second kappa shape index (κ2) is 5.34. The van der Waals surface area contributed by atoms with Crippen molar-refractivity contribution in [3.8, 4) is 0 Å². The molecule has 0 aromatic carbocycles. The van der Waals surface area contributed by atoms with Crippen molar-refractivity contribution in [3.05, 3.63) is 15.8 Å². The number of hydrogen-bond acceptors (Lipinski definition) is 5. The third kappa shape index (κ3) is 2.45. The fraction of sp³-hybridized carbons (Fsp3) is 0.727. The molecule has 0 bridgehead atoms. The van der Waals surface area contributed by atoms with Gasteiger partial charge in [-0.2, -0.15) is 5.10 Å². The predicted molar refractivity (Wildman–Crippen MR) is 68.8 cm³/mol. The molecule has 1 atom stereocenters. The van der Waals surface area contributed by atoms with E-state index in [9.17, 15) is 10.1 Å². The summed E-state index contributed by atoms with van der Waals surface area (Å²) in [7, 11) is 0. The van der Waals surface area contributed by atoms with E-state index in [0.29, 0.717) is 18.1 Å². The van der Waals surface area contributed by atoms with E-state index in [1.54, 1.807) is 11.6 Å². The topological polar surface area (TPSA) is 85.0 Å². The monoisotopic (exact) mass is 253 g/mol. The van der Waals surface area contributed by atoms with Gasteiger partial charge in [-0.05, 0) is 26.3 Å². The smallest absolute Gasteiger partial charge is 0.333 e. The first-order valence-electron chi connectivity index (χ1n) is 6.32. The van der Waals surface area contributed by atoms with Crippen LogP contribution in [0.25, 0.3) is 0 Å². The highest BCUT2D eigenvalue weighted by Gasteiger charge is 2.27. The maximum absolute atomic E-state index is 11.1. The maximum Gasteiger partial charge on any atom is 0.333 e. The summed E-state index contributed by atoms with van der Waals surface area (Å²) in [6, 6.07) is 0.246. The molecule has 1 aromatic rings. The Hall–Kier alpha value is -1.63. The number of nitrogens with one attached hydrogen (secondary N) is 2. The van der Waals surface area contributed by atoms with Crippen molar-refractivity contribution in [2.45, 2.75) is 39.3 Å². The molecule has 1 aliphatic rings. The first kappa shape index (κ1) is 12.8. The molecule has 7 nitrogen and oxygen atoms in total. The van der Waals surface area contributed by atoms with Crippen LogP contribution in [0.1, 0.15) is 25.5 Å². The summed E-state index contributed by atoms with van der Waals surface area (Å²) >= 11 is 0. The Labute approximate surface area is 106 Å². The second-order valence-electron chi connectivity index (χ2n) is 4.60. The lowest BCUT2D eigenvalue weighted by molar-refractivity contribution is -0.384. The van der Waals surface area contributed by atoms with Gasteiger partial charge in [-0.3, -0.25) is 10.1 Å². The van der Waals surface area contributed by atoms with Gasteiger partial charge in [0, 0.05) is 19.1 Å². The molecule has 1 saturated heterocycles. The van der Waals surface area contributed by atoms with Crippen LogP contribution in [-0.4, -0.2) is 33.8 Å². The molecule has 1 unspecified atom stereocenters. The molecule has 100 valence electrons. The van der Waals surface area contributed by atoms with E-state index in [2.05, 4.69) is 15.7 Å². The summed E-state index contributed by atoms with van der Waals surface area (Å²) < 4.78 is 1.71. The van der Waals surface area contributed by atoms with Gasteiger partial charge in [0.05, 0.1) is 4.92 Å². The van der Waals surface area contributed by atoms with Crippen molar-refractivity contribution in [2.24, 2.45) is 0 Å². The van der Waals surface area contributed by atoms with Crippen LogP contribution in [0.2, 0.25) is 0 Å². The van der Waals surface area contributed by atoms with Crippen molar-refractivity contribution in [1.29, 1.82) is 0 Å². The highest BCUT2D eigenvalue weighted by Crippen LogP contribution is 2.29. The molecule has 0 aliphatic carbocycles. The van der Waals surface area contributed by atoms with Crippen LogP contribution < -0.4 is 10.6 Å². The summed E-state index contributed by atoms with van der Waals surface area (Å²) in [6.07, 6.45) is 1.88. The summed E-state index contributed by atoms with van der Waals surface area (Å²) in [4.78, 5) is 10.8. The molecule has 0 amide bonds. The van der Waals surface area contributed by atoms with Crippen LogP contribution >= 0.6 is 0 Å². The minimum atomic E-state index is -0.348. The van der Waals surface area contributed by atoms with Crippen LogP contribution in [0.4, 0.5) is 11.5 Å². The Morgan fingerprint density at radius 2 is 2.44 bits per heavy atom. The molecule has 2 heterocycles. The van der Waals surface area contributed by atoms with Crippen LogP contribution in [-0.2, 0) is 6.54 Å². The van der Waals surface area contributed by atoms with E-state index in [1.165, 1.54) is 0 Å². The molecule has 7 heteroatoms. The molecule has 18 heavy (non-hydrogen) atoms. The van der Waals surface area contributed by atoms with Gasteiger partial charge in [-0.15, -0.1) is 0 Å². The van der Waals surface area contributed by atoms with Gasteiger partial charge in [0.2, 0.25) is 5.82 Å². The molecule has 2 rings (SSSR count). The van der Waals surface area contributed by atoms with Gasteiger partial charge in [0.15, 0.2) is 0 Å². The molecule has 0 saturated carbocycles. The van der Waals surface area contributed by atoms with Crippen LogP contribution in [0.5, 0.6) is 0 Å². The highest BCUT2D eigenvalue weighted by molar-refractivity contribution is 5.60. The van der Waals surface area contributed by atoms with E-state index in [-0.39, 0.29) is 16.7 Å². The summed E-state index contributed by atoms with van der Waals surface area (Å²) in [5, 5.41) is 21.9. The molecule has 0 spiro atoms. The van der Waals surface area contributed by atoms with Crippen molar-refractivity contribution in [2.75, 3.05) is 18.4 Å². The minimum absolute atomic E-state index is 0.107. The highest BCUT2D eigenvalue weighted by atomic mass is 16.6. The maximum atomic E-state index is 11.1. The number of nitro groups is 1. The number of rotatable bonds is 5. The lowest BCUT2D eigenvalue weighted by Crippen LogP contribution is -2.24. The number of aryl methyl sites for hydroxylation is 2. The number of anilines is 1. The first-order chi connectivity index (χ1) is 8.63. The minimum Gasteiger partial charge on any atom is -0.360 e. The van der Waals surface area contributed by atoms with Crippen molar-refractivity contribution in [3.63, 3.8) is 0 Å². The summed E-state index contributed by atoms with van der Waals surface area (Å²) in [6.45, 7) is 6.20. The molecule has 1 aromatic heterocycles. The van der Waals surface area contributed by atoms with Crippen molar-refractivity contribution in [1.82, 2.24) is 15.1 Å². The van der Waals surface area contributed by atoms with Crippen LogP contribution in [0.15, 0.2) is 0 Å². The Kier molecular flexibility index (Phi) is 3.81. The Bertz CT molecular complexity index is 437. The first-order valence-corrected chi connectivity index (χ1v) is 6.32. The number of nitrogens with zero attached hydrogens (tertiary/aromatic N) is 3. The Morgan fingerprint density at radius 3 is 3.00 bits per heavy atom. The molecule has 1 fully saturated rings. The third-order valence-corrected chi connectivity index (χ3v) is 3.11. The van der Waals surface area contributed by atoms with E-state index < -0.39 is 0 Å². The van der Waals surface area contributed by atoms with E-state index in [4.69, 9.17) is 0 Å². The van der Waals surface area contributed by atoms with E-state index in [0.717, 1.165) is 25.9 Å². The van der Waals surface area contributed by atoms with E-state index in [1.807, 2.05) is 6.92 Å². The second-order valence-corrected chi connectivity index (χ2v) is 4.60. The van der Waals surface area contributed by atoms with Crippen molar-refractivity contribution < 1.29 is 4.92 Å². The summed E-state index contributed by atoms with van der Waals surface area (Å²) in [5.41, 5.74) is 0.581. The molecular formula is C11H19N5O2. The average molecular weight is 253 g/mol. The molecule has 0 radical (unpaired) electrons. The van der Waals surface area contributed by atoms with Gasteiger partial charge < -0.3 is 10.6 Å². The standard InChI is InChI=1S/C11H19N5O2/c1-3-6-15-11(13-9-4-5-12-7-9)10(16(17)18)8(2)14-15/h9,12-13H,3-7H2,1-2H3. The van der Waals surface area contributed by atoms with Gasteiger partial charge in [0.25, 0.3) is 0 Å². The Morgan fingerprint density at radius 1 is 1.67 bits per heavy atom. The van der Waals surface area contributed by atoms with Crippen LogP contribution in [0, 0.1) is 17.0 Å². The third-order valence-electron chi connectivity index (χ3n) is 3.11. The summed E-state index contributed by atoms with van der Waals surface area (Å²) in [5.74, 6) is 0.549. The van der Waals surface area contributed by atoms with Gasteiger partial charge in [-0.25, -0.2) is 4.68 Å². The zero-order valence-electron chi connectivity index (χ0n) is 10.8. The lowest BCUT2D eigenvalue weighted by Gasteiger charge is -2.13. The van der Waals surface area contributed by atoms with Crippen molar-refractivity contribution >= 4 is 11.5 Å². The fourth-order valence-corrected chi connectivity index (χ4v) is 2.28. The van der Waals surface area contributed by atoms with Gasteiger partial charge in [-0.1, -0.05) is 6.92 Å². The lowest BCUT2D eigenvalue weighted by atomic mass is 10.2. The van der Waals surface area contributed by atoms with Gasteiger partial charge >= 0.3 is 5.69 Å². The zero-order chi connectivity index (χ0) is 13.1. The molecular weight excluding hydrogens is 234 g/mol.